The van der Waals surface area contributed by atoms with Crippen molar-refractivity contribution in [3.63, 3.8) is 0 Å². The van der Waals surface area contributed by atoms with Gasteiger partial charge in [0, 0.05) is 19.9 Å². The predicted octanol–water partition coefficient (Wildman–Crippen LogP) is 0.515. The minimum Gasteiger partial charge on any atom is -0.508 e. The fourth-order valence-electron chi connectivity index (χ4n) is 2.75. The first-order chi connectivity index (χ1) is 10.9. The number of likely N-dealkylation sites (tertiary alicyclic amines) is 1. The van der Waals surface area contributed by atoms with Gasteiger partial charge in [-0.2, -0.15) is 0 Å². The number of aliphatic carboxylic acids is 1. The summed E-state index contributed by atoms with van der Waals surface area (Å²) < 4.78 is 0. The van der Waals surface area contributed by atoms with Crippen LogP contribution in [0.1, 0.15) is 25.3 Å². The van der Waals surface area contributed by atoms with Crippen molar-refractivity contribution in [3.8, 4) is 5.75 Å². The Morgan fingerprint density at radius 3 is 2.52 bits per heavy atom. The van der Waals surface area contributed by atoms with E-state index in [0.717, 1.165) is 6.42 Å². The summed E-state index contributed by atoms with van der Waals surface area (Å²) in [5.74, 6) is -1.68. The molecule has 0 aliphatic carbocycles. The fraction of sp³-hybridized carbons (Fsp3) is 0.438. The van der Waals surface area contributed by atoms with Gasteiger partial charge >= 0.3 is 5.97 Å². The third kappa shape index (κ3) is 4.21. The molecule has 3 N–H and O–H groups in total. The zero-order valence-electron chi connectivity index (χ0n) is 12.9. The Balaban J connectivity index is 2.04. The topological polar surface area (TPSA) is 107 Å². The lowest BCUT2D eigenvalue weighted by Gasteiger charge is -2.24. The van der Waals surface area contributed by atoms with Crippen molar-refractivity contribution in [1.82, 2.24) is 10.2 Å². The van der Waals surface area contributed by atoms with Gasteiger partial charge in [-0.1, -0.05) is 12.1 Å². The van der Waals surface area contributed by atoms with Crippen LogP contribution in [0.5, 0.6) is 5.75 Å². The lowest BCUT2D eigenvalue weighted by molar-refractivity contribution is -0.143. The van der Waals surface area contributed by atoms with Crippen molar-refractivity contribution in [2.75, 3.05) is 6.54 Å². The van der Waals surface area contributed by atoms with Gasteiger partial charge in [0.25, 0.3) is 0 Å². The van der Waals surface area contributed by atoms with E-state index in [1.54, 1.807) is 12.1 Å². The number of carbonyl (C=O) groups excluding carboxylic acids is 2. The van der Waals surface area contributed by atoms with E-state index in [9.17, 15) is 24.6 Å². The monoisotopic (exact) mass is 320 g/mol. The molecule has 2 amide bonds. The number of aromatic hydroxyl groups is 1. The Labute approximate surface area is 133 Å². The second-order valence-corrected chi connectivity index (χ2v) is 5.64. The largest absolute Gasteiger partial charge is 0.508 e. The maximum atomic E-state index is 12.3. The summed E-state index contributed by atoms with van der Waals surface area (Å²) in [5, 5.41) is 21.1. The highest BCUT2D eigenvalue weighted by Crippen LogP contribution is 2.18. The molecule has 1 aromatic rings. The lowest BCUT2D eigenvalue weighted by atomic mass is 10.0. The Kier molecular flexibility index (Phi) is 5.20. The number of carboxylic acids is 1. The summed E-state index contributed by atoms with van der Waals surface area (Å²) in [6.45, 7) is 1.92. The molecule has 0 bridgehead atoms. The molecule has 2 rings (SSSR count). The summed E-state index contributed by atoms with van der Waals surface area (Å²) >= 11 is 0. The van der Waals surface area contributed by atoms with Crippen LogP contribution in [-0.4, -0.2) is 51.5 Å². The number of hydrogen-bond acceptors (Lipinski definition) is 4. The van der Waals surface area contributed by atoms with E-state index in [1.165, 1.54) is 24.0 Å². The van der Waals surface area contributed by atoms with Gasteiger partial charge in [0.1, 0.15) is 17.8 Å². The molecule has 1 aliphatic heterocycles. The Bertz CT molecular complexity index is 599. The van der Waals surface area contributed by atoms with Crippen LogP contribution >= 0.6 is 0 Å². The minimum absolute atomic E-state index is 0.0905. The third-order valence-corrected chi connectivity index (χ3v) is 3.95. The molecule has 1 aromatic carbocycles. The molecule has 2 atom stereocenters. The molecule has 7 nitrogen and oxygen atoms in total. The van der Waals surface area contributed by atoms with E-state index in [-0.39, 0.29) is 18.1 Å². The zero-order chi connectivity index (χ0) is 17.0. The second-order valence-electron chi connectivity index (χ2n) is 5.64. The summed E-state index contributed by atoms with van der Waals surface area (Å²) in [5.41, 5.74) is 0.686. The van der Waals surface area contributed by atoms with E-state index >= 15 is 0 Å². The number of nitrogens with one attached hydrogen (secondary N) is 1. The molecule has 23 heavy (non-hydrogen) atoms. The molecule has 1 heterocycles. The van der Waals surface area contributed by atoms with E-state index in [4.69, 9.17) is 0 Å². The second kappa shape index (κ2) is 7.13. The van der Waals surface area contributed by atoms with E-state index in [0.29, 0.717) is 18.5 Å². The number of carbonyl (C=O) groups is 3. The van der Waals surface area contributed by atoms with Gasteiger partial charge in [-0.05, 0) is 30.5 Å². The van der Waals surface area contributed by atoms with Crippen LogP contribution in [0.3, 0.4) is 0 Å². The first kappa shape index (κ1) is 16.8. The average Bonchev–Trinajstić information content (AvgIpc) is 2.98. The first-order valence-electron chi connectivity index (χ1n) is 7.47. The molecule has 1 aliphatic rings. The Morgan fingerprint density at radius 1 is 1.30 bits per heavy atom. The van der Waals surface area contributed by atoms with Gasteiger partial charge in [0.05, 0.1) is 0 Å². The molecule has 0 saturated carbocycles. The van der Waals surface area contributed by atoms with E-state index in [1.807, 2.05) is 0 Å². The lowest BCUT2D eigenvalue weighted by Crippen LogP contribution is -2.51. The van der Waals surface area contributed by atoms with Gasteiger partial charge in [-0.15, -0.1) is 0 Å². The number of carboxylic acid groups (broad SMARTS) is 1. The molecule has 7 heteroatoms. The molecule has 1 fully saturated rings. The predicted molar refractivity (Wildman–Crippen MR) is 81.8 cm³/mol. The zero-order valence-corrected chi connectivity index (χ0v) is 12.9. The Hall–Kier alpha value is -2.57. The van der Waals surface area contributed by atoms with Gasteiger partial charge in [-0.25, -0.2) is 4.79 Å². The Morgan fingerprint density at radius 2 is 1.96 bits per heavy atom. The third-order valence-electron chi connectivity index (χ3n) is 3.95. The molecule has 0 radical (unpaired) electrons. The van der Waals surface area contributed by atoms with Crippen molar-refractivity contribution in [2.45, 2.75) is 38.3 Å². The van der Waals surface area contributed by atoms with Gasteiger partial charge in [-0.3, -0.25) is 9.59 Å². The van der Waals surface area contributed by atoms with Crippen molar-refractivity contribution in [2.24, 2.45) is 0 Å². The summed E-state index contributed by atoms with van der Waals surface area (Å²) in [4.78, 5) is 36.7. The van der Waals surface area contributed by atoms with Crippen LogP contribution in [0.15, 0.2) is 24.3 Å². The number of benzene rings is 1. The molecular formula is C16H20N2O5. The number of rotatable bonds is 5. The average molecular weight is 320 g/mol. The van der Waals surface area contributed by atoms with Crippen molar-refractivity contribution >= 4 is 17.8 Å². The highest BCUT2D eigenvalue weighted by atomic mass is 16.4. The molecule has 0 unspecified atom stereocenters. The number of phenolic OH excluding ortho intramolecular Hbond substituents is 1. The minimum atomic E-state index is -1.14. The number of nitrogens with zero attached hydrogens (tertiary/aromatic N) is 1. The highest BCUT2D eigenvalue weighted by Gasteiger charge is 2.34. The van der Waals surface area contributed by atoms with Crippen LogP contribution in [0.2, 0.25) is 0 Å². The normalized spacial score (nSPS) is 18.5. The van der Waals surface area contributed by atoms with Crippen molar-refractivity contribution in [1.29, 1.82) is 0 Å². The molecule has 124 valence electrons. The highest BCUT2D eigenvalue weighted by molar-refractivity contribution is 5.90. The maximum Gasteiger partial charge on any atom is 0.326 e. The van der Waals surface area contributed by atoms with E-state index in [2.05, 4.69) is 5.32 Å². The van der Waals surface area contributed by atoms with Crippen LogP contribution in [-0.2, 0) is 20.8 Å². The quantitative estimate of drug-likeness (QED) is 0.733. The fourth-order valence-corrected chi connectivity index (χ4v) is 2.75. The number of hydrogen-bond donors (Lipinski definition) is 3. The first-order valence-corrected chi connectivity index (χ1v) is 7.47. The van der Waals surface area contributed by atoms with Crippen LogP contribution in [0, 0.1) is 0 Å². The molecule has 1 saturated heterocycles. The standard InChI is InChI=1S/C16H20N2O5/c1-10(19)18-8-2-3-14(18)15(21)17-13(16(22)23)9-11-4-6-12(20)7-5-11/h4-7,13-14,20H,2-3,8-9H2,1H3,(H,17,21)(H,22,23)/t13-,14-/m0/s1. The summed E-state index contributed by atoms with van der Waals surface area (Å²) in [6.07, 6.45) is 1.37. The van der Waals surface area contributed by atoms with Crippen LogP contribution in [0.4, 0.5) is 0 Å². The van der Waals surface area contributed by atoms with E-state index < -0.39 is 24.0 Å². The number of amides is 2. The van der Waals surface area contributed by atoms with Crippen LogP contribution < -0.4 is 5.32 Å². The number of phenols is 1. The smallest absolute Gasteiger partial charge is 0.326 e. The maximum absolute atomic E-state index is 12.3. The van der Waals surface area contributed by atoms with Gasteiger partial charge in [0.15, 0.2) is 0 Å². The molecule has 0 aromatic heterocycles. The SMILES string of the molecule is CC(=O)N1CCC[C@H]1C(=O)N[C@@H](Cc1ccc(O)cc1)C(=O)O. The summed E-state index contributed by atoms with van der Waals surface area (Å²) in [6, 6.07) is 4.45. The molecular weight excluding hydrogens is 300 g/mol. The molecule has 0 spiro atoms. The van der Waals surface area contributed by atoms with Crippen molar-refractivity contribution in [3.05, 3.63) is 29.8 Å². The van der Waals surface area contributed by atoms with Crippen LogP contribution in [0.25, 0.3) is 0 Å². The summed E-state index contributed by atoms with van der Waals surface area (Å²) in [7, 11) is 0. The van der Waals surface area contributed by atoms with Gasteiger partial charge in [0.2, 0.25) is 11.8 Å². The van der Waals surface area contributed by atoms with Crippen molar-refractivity contribution < 1.29 is 24.6 Å². The van der Waals surface area contributed by atoms with Gasteiger partial charge < -0.3 is 20.4 Å².